The highest BCUT2D eigenvalue weighted by atomic mass is 35.5. The fourth-order valence-electron chi connectivity index (χ4n) is 2.88. The zero-order valence-corrected chi connectivity index (χ0v) is 17.1. The topological polar surface area (TPSA) is 26.3 Å². The molecule has 0 radical (unpaired) electrons. The van der Waals surface area contributed by atoms with E-state index < -0.39 is 0 Å². The number of rotatable bonds is 18. The molecular weight excluding hydrogens is 332 g/mol. The number of esters is 1. The normalized spacial score (nSPS) is 11.1. The number of hydrogen-bond acceptors (Lipinski definition) is 2. The summed E-state index contributed by atoms with van der Waals surface area (Å²) in [5.41, 5.74) is 0. The number of unbranched alkanes of at least 4 members (excludes halogenated alkanes) is 14. The average Bonchev–Trinajstić information content (AvgIpc) is 2.58. The van der Waals surface area contributed by atoms with Crippen LogP contribution in [0.3, 0.4) is 0 Å². The van der Waals surface area contributed by atoms with Gasteiger partial charge in [0.15, 0.2) is 0 Å². The molecule has 3 heteroatoms. The predicted molar refractivity (Wildman–Crippen MR) is 110 cm³/mol. The summed E-state index contributed by atoms with van der Waals surface area (Å²) < 4.78 is 4.91. The average molecular weight is 371 g/mol. The molecule has 0 spiro atoms. The first-order valence-corrected chi connectivity index (χ1v) is 10.7. The highest BCUT2D eigenvalue weighted by Gasteiger charge is 2.00. The molecule has 0 aromatic heterocycles. The molecule has 0 rings (SSSR count). The molecule has 25 heavy (non-hydrogen) atoms. The van der Waals surface area contributed by atoms with Crippen LogP contribution < -0.4 is 0 Å². The highest BCUT2D eigenvalue weighted by Crippen LogP contribution is 2.13. The quantitative estimate of drug-likeness (QED) is 0.105. The van der Waals surface area contributed by atoms with Crippen molar-refractivity contribution in [2.45, 2.75) is 110 Å². The second kappa shape index (κ2) is 19.6. The third kappa shape index (κ3) is 21.2. The molecule has 0 N–H and O–H groups in total. The molecule has 0 atom stereocenters. The Morgan fingerprint density at radius 3 is 1.60 bits per heavy atom. The van der Waals surface area contributed by atoms with Crippen LogP contribution in [0.4, 0.5) is 0 Å². The smallest absolute Gasteiger partial charge is 0.310 e. The van der Waals surface area contributed by atoms with Crippen LogP contribution in [-0.4, -0.2) is 5.97 Å². The molecule has 0 aliphatic heterocycles. The monoisotopic (exact) mass is 370 g/mol. The summed E-state index contributed by atoms with van der Waals surface area (Å²) in [5, 5.41) is 0.361. The van der Waals surface area contributed by atoms with Gasteiger partial charge in [0.25, 0.3) is 0 Å². The summed E-state index contributed by atoms with van der Waals surface area (Å²) in [4.78, 5) is 11.4. The molecule has 0 bridgehead atoms. The molecule has 2 nitrogen and oxygen atoms in total. The van der Waals surface area contributed by atoms with Crippen molar-refractivity contribution in [1.82, 2.24) is 0 Å². The van der Waals surface area contributed by atoms with Crippen molar-refractivity contribution in [2.75, 3.05) is 0 Å². The number of carbonyl (C=O) groups excluding carboxylic acids is 1. The first kappa shape index (κ1) is 24.2. The van der Waals surface area contributed by atoms with Crippen LogP contribution in [0, 0.1) is 0 Å². The molecule has 0 unspecified atom stereocenters. The lowest BCUT2D eigenvalue weighted by molar-refractivity contribution is -0.138. The van der Waals surface area contributed by atoms with Gasteiger partial charge in [0.1, 0.15) is 0 Å². The number of carbonyl (C=O) groups is 1. The predicted octanol–water partition coefficient (Wildman–Crippen LogP) is 8.06. The molecule has 0 fully saturated rings. The number of ether oxygens (including phenoxy) is 1. The molecular formula is C22H39ClO2. The summed E-state index contributed by atoms with van der Waals surface area (Å²) in [7, 11) is 0. The second-order valence-electron chi connectivity index (χ2n) is 6.94. The van der Waals surface area contributed by atoms with Crippen molar-refractivity contribution in [3.63, 3.8) is 0 Å². The van der Waals surface area contributed by atoms with E-state index >= 15 is 0 Å². The Balaban J connectivity index is 3.16. The van der Waals surface area contributed by atoms with Crippen molar-refractivity contribution in [3.05, 3.63) is 23.9 Å². The number of halogens is 1. The lowest BCUT2D eigenvalue weighted by atomic mass is 10.0. The summed E-state index contributed by atoms with van der Waals surface area (Å²) in [5.74, 6) is -0.191. The molecule has 0 amide bonds. The fourth-order valence-corrected chi connectivity index (χ4v) is 2.93. The Labute approximate surface area is 161 Å². The Morgan fingerprint density at radius 1 is 0.800 bits per heavy atom. The van der Waals surface area contributed by atoms with Crippen LogP contribution >= 0.6 is 11.6 Å². The minimum Gasteiger partial charge on any atom is -0.434 e. The summed E-state index contributed by atoms with van der Waals surface area (Å²) in [6, 6.07) is 0. The Bertz CT molecular complexity index is 350. The van der Waals surface area contributed by atoms with Crippen molar-refractivity contribution in [1.29, 1.82) is 0 Å². The second-order valence-corrected chi connectivity index (χ2v) is 7.42. The largest absolute Gasteiger partial charge is 0.434 e. The minimum absolute atomic E-state index is 0.191. The van der Waals surface area contributed by atoms with Gasteiger partial charge in [-0.15, -0.1) is 0 Å². The van der Waals surface area contributed by atoms with Crippen LogP contribution in [0.1, 0.15) is 110 Å². The summed E-state index contributed by atoms with van der Waals surface area (Å²) >= 11 is 5.53. The van der Waals surface area contributed by atoms with Gasteiger partial charge >= 0.3 is 5.97 Å². The minimum atomic E-state index is -0.191. The van der Waals surface area contributed by atoms with Gasteiger partial charge in [0.05, 0.1) is 6.26 Å². The van der Waals surface area contributed by atoms with Crippen molar-refractivity contribution in [2.24, 2.45) is 0 Å². The standard InChI is InChI=1S/C22H39ClO2/c1-3-4-5-6-7-8-9-10-11-12-13-14-15-16-17-18-22(24)25-20-19-21(2)23/h19-20H,2-18H2,1H3. The van der Waals surface area contributed by atoms with Crippen molar-refractivity contribution in [3.8, 4) is 0 Å². The van der Waals surface area contributed by atoms with Crippen LogP contribution in [0.25, 0.3) is 0 Å². The van der Waals surface area contributed by atoms with Gasteiger partial charge in [-0.2, -0.15) is 0 Å². The summed E-state index contributed by atoms with van der Waals surface area (Å²) in [6.45, 7) is 5.76. The van der Waals surface area contributed by atoms with Gasteiger partial charge in [0, 0.05) is 11.5 Å². The molecule has 0 saturated carbocycles. The van der Waals surface area contributed by atoms with Gasteiger partial charge in [0.2, 0.25) is 0 Å². The van der Waals surface area contributed by atoms with E-state index in [0.717, 1.165) is 12.8 Å². The lowest BCUT2D eigenvalue weighted by Gasteiger charge is -2.03. The van der Waals surface area contributed by atoms with Gasteiger partial charge in [-0.1, -0.05) is 115 Å². The molecule has 0 heterocycles. The lowest BCUT2D eigenvalue weighted by Crippen LogP contribution is -1.98. The Hall–Kier alpha value is -0.760. The maximum absolute atomic E-state index is 11.4. The van der Waals surface area contributed by atoms with Gasteiger partial charge < -0.3 is 4.74 Å². The van der Waals surface area contributed by atoms with E-state index in [0.29, 0.717) is 11.5 Å². The Morgan fingerprint density at radius 2 is 1.20 bits per heavy atom. The van der Waals surface area contributed by atoms with Crippen LogP contribution in [-0.2, 0) is 9.53 Å². The van der Waals surface area contributed by atoms with E-state index in [-0.39, 0.29) is 5.97 Å². The fraction of sp³-hybridized carbons (Fsp3) is 0.773. The van der Waals surface area contributed by atoms with E-state index in [4.69, 9.17) is 16.3 Å². The third-order valence-corrected chi connectivity index (χ3v) is 4.56. The molecule has 0 aliphatic rings. The number of allylic oxidation sites excluding steroid dienone is 2. The van der Waals surface area contributed by atoms with Crippen molar-refractivity contribution < 1.29 is 9.53 Å². The van der Waals surface area contributed by atoms with E-state index in [1.54, 1.807) is 0 Å². The van der Waals surface area contributed by atoms with E-state index in [1.165, 1.54) is 95.8 Å². The first-order valence-electron chi connectivity index (χ1n) is 10.4. The molecule has 146 valence electrons. The molecule has 0 aliphatic carbocycles. The maximum atomic E-state index is 11.4. The van der Waals surface area contributed by atoms with Crippen LogP contribution in [0.2, 0.25) is 0 Å². The third-order valence-electron chi connectivity index (χ3n) is 4.43. The van der Waals surface area contributed by atoms with E-state index in [9.17, 15) is 4.79 Å². The molecule has 0 aromatic carbocycles. The van der Waals surface area contributed by atoms with E-state index in [2.05, 4.69) is 13.5 Å². The molecule has 0 aromatic rings. The van der Waals surface area contributed by atoms with Gasteiger partial charge in [-0.05, 0) is 12.5 Å². The van der Waals surface area contributed by atoms with Gasteiger partial charge in [-0.25, -0.2) is 0 Å². The van der Waals surface area contributed by atoms with Gasteiger partial charge in [-0.3, -0.25) is 4.79 Å². The molecule has 0 saturated heterocycles. The number of hydrogen-bond donors (Lipinski definition) is 0. The summed E-state index contributed by atoms with van der Waals surface area (Å²) in [6.07, 6.45) is 23.2. The maximum Gasteiger partial charge on any atom is 0.310 e. The Kier molecular flexibility index (Phi) is 19.0. The van der Waals surface area contributed by atoms with E-state index in [1.807, 2.05) is 0 Å². The van der Waals surface area contributed by atoms with Crippen molar-refractivity contribution >= 4 is 17.6 Å². The SMILES string of the molecule is C=C(Cl)C=COC(=O)CCCCCCCCCCCCCCCCC. The zero-order chi connectivity index (χ0) is 18.6. The first-order chi connectivity index (χ1) is 12.2. The van der Waals surface area contributed by atoms with Crippen LogP contribution in [0.5, 0.6) is 0 Å². The zero-order valence-electron chi connectivity index (χ0n) is 16.4. The highest BCUT2D eigenvalue weighted by molar-refractivity contribution is 6.30. The van der Waals surface area contributed by atoms with Crippen LogP contribution in [0.15, 0.2) is 23.9 Å².